The van der Waals surface area contributed by atoms with Gasteiger partial charge < -0.3 is 15.0 Å². The zero-order valence-electron chi connectivity index (χ0n) is 13.9. The number of carbonyl (C=O) groups is 2. The second-order valence-corrected chi connectivity index (χ2v) is 6.00. The highest BCUT2D eigenvalue weighted by molar-refractivity contribution is 5.97. The number of likely N-dealkylation sites (tertiary alicyclic amines) is 1. The van der Waals surface area contributed by atoms with Crippen LogP contribution in [-0.4, -0.2) is 30.4 Å². The number of halogens is 1. The van der Waals surface area contributed by atoms with Crippen LogP contribution in [0.2, 0.25) is 0 Å². The van der Waals surface area contributed by atoms with Crippen LogP contribution in [0.4, 0.5) is 10.1 Å². The Balaban J connectivity index is 1.63. The Morgan fingerprint density at radius 2 is 2.08 bits per heavy atom. The van der Waals surface area contributed by atoms with Crippen LogP contribution in [0.5, 0.6) is 5.75 Å². The molecule has 6 heteroatoms. The van der Waals surface area contributed by atoms with Crippen LogP contribution in [0.3, 0.4) is 0 Å². The van der Waals surface area contributed by atoms with Crippen LogP contribution >= 0.6 is 0 Å². The summed E-state index contributed by atoms with van der Waals surface area (Å²) in [7, 11) is 1.59. The number of anilines is 1. The molecule has 0 radical (unpaired) electrons. The van der Waals surface area contributed by atoms with Crippen LogP contribution in [0.1, 0.15) is 12.0 Å². The predicted molar refractivity (Wildman–Crippen MR) is 91.5 cm³/mol. The molecule has 1 aliphatic heterocycles. The van der Waals surface area contributed by atoms with E-state index in [0.29, 0.717) is 13.1 Å². The summed E-state index contributed by atoms with van der Waals surface area (Å²) in [5.41, 5.74) is 1.06. The molecule has 0 saturated carbocycles. The molecule has 0 aromatic heterocycles. The van der Waals surface area contributed by atoms with Crippen LogP contribution in [0.15, 0.2) is 48.5 Å². The summed E-state index contributed by atoms with van der Waals surface area (Å²) >= 11 is 0. The number of ether oxygens (including phenoxy) is 1. The molecule has 1 N–H and O–H groups in total. The Morgan fingerprint density at radius 1 is 1.28 bits per heavy atom. The Kier molecular flexibility index (Phi) is 4.97. The normalized spacial score (nSPS) is 16.8. The first-order chi connectivity index (χ1) is 12.1. The predicted octanol–water partition coefficient (Wildman–Crippen LogP) is 2.82. The molecule has 3 rings (SSSR count). The number of methoxy groups -OCH3 is 1. The minimum atomic E-state index is -0.492. The SMILES string of the molecule is COc1cccc(CN2C[C@H](C(=O)Nc3ccccc3F)CC2=O)c1. The molecular formula is C19H19FN2O3. The molecule has 1 aliphatic rings. The topological polar surface area (TPSA) is 58.6 Å². The number of hydrogen-bond acceptors (Lipinski definition) is 3. The maximum atomic E-state index is 13.6. The quantitative estimate of drug-likeness (QED) is 0.909. The van der Waals surface area contributed by atoms with E-state index in [1.807, 2.05) is 24.3 Å². The van der Waals surface area contributed by atoms with Crippen molar-refractivity contribution >= 4 is 17.5 Å². The monoisotopic (exact) mass is 342 g/mol. The zero-order valence-corrected chi connectivity index (χ0v) is 13.9. The highest BCUT2D eigenvalue weighted by atomic mass is 19.1. The Bertz CT molecular complexity index is 794. The van der Waals surface area contributed by atoms with Crippen molar-refractivity contribution in [3.8, 4) is 5.75 Å². The Labute approximate surface area is 145 Å². The number of nitrogens with zero attached hydrogens (tertiary/aromatic N) is 1. The van der Waals surface area contributed by atoms with Crippen molar-refractivity contribution < 1.29 is 18.7 Å². The fraction of sp³-hybridized carbons (Fsp3) is 0.263. The molecule has 0 spiro atoms. The van der Waals surface area contributed by atoms with E-state index in [1.54, 1.807) is 24.1 Å². The van der Waals surface area contributed by atoms with Crippen molar-refractivity contribution in [3.63, 3.8) is 0 Å². The van der Waals surface area contributed by atoms with Gasteiger partial charge in [0.25, 0.3) is 0 Å². The first-order valence-corrected chi connectivity index (χ1v) is 8.03. The summed E-state index contributed by atoms with van der Waals surface area (Å²) in [6.45, 7) is 0.732. The molecule has 0 bridgehead atoms. The molecule has 0 unspecified atom stereocenters. The highest BCUT2D eigenvalue weighted by Gasteiger charge is 2.34. The fourth-order valence-corrected chi connectivity index (χ4v) is 2.89. The van der Waals surface area contributed by atoms with E-state index in [1.165, 1.54) is 12.1 Å². The van der Waals surface area contributed by atoms with E-state index < -0.39 is 11.7 Å². The van der Waals surface area contributed by atoms with Gasteiger partial charge in [-0.2, -0.15) is 0 Å². The highest BCUT2D eigenvalue weighted by Crippen LogP contribution is 2.23. The van der Waals surface area contributed by atoms with Gasteiger partial charge in [-0.05, 0) is 29.8 Å². The number of rotatable bonds is 5. The van der Waals surface area contributed by atoms with Crippen molar-refractivity contribution in [3.05, 3.63) is 59.9 Å². The summed E-state index contributed by atoms with van der Waals surface area (Å²) < 4.78 is 18.8. The molecule has 1 saturated heterocycles. The number of para-hydroxylation sites is 1. The maximum Gasteiger partial charge on any atom is 0.229 e. The molecule has 0 aliphatic carbocycles. The largest absolute Gasteiger partial charge is 0.497 e. The van der Waals surface area contributed by atoms with E-state index in [2.05, 4.69) is 5.32 Å². The average Bonchev–Trinajstić information content (AvgIpc) is 2.98. The number of hydrogen-bond donors (Lipinski definition) is 1. The summed E-state index contributed by atoms with van der Waals surface area (Å²) in [4.78, 5) is 26.2. The molecule has 5 nitrogen and oxygen atoms in total. The van der Waals surface area contributed by atoms with Crippen LogP contribution in [0.25, 0.3) is 0 Å². The average molecular weight is 342 g/mol. The van der Waals surface area contributed by atoms with E-state index in [-0.39, 0.29) is 23.9 Å². The Hall–Kier alpha value is -2.89. The second kappa shape index (κ2) is 7.34. The minimum absolute atomic E-state index is 0.0866. The molecule has 1 fully saturated rings. The van der Waals surface area contributed by atoms with Gasteiger partial charge in [0.05, 0.1) is 18.7 Å². The maximum absolute atomic E-state index is 13.6. The smallest absolute Gasteiger partial charge is 0.229 e. The van der Waals surface area contributed by atoms with Crippen molar-refractivity contribution in [1.82, 2.24) is 4.90 Å². The van der Waals surface area contributed by atoms with Gasteiger partial charge in [0.1, 0.15) is 11.6 Å². The number of nitrogens with one attached hydrogen (secondary N) is 1. The van der Waals surface area contributed by atoms with Crippen LogP contribution in [0, 0.1) is 11.7 Å². The number of carbonyl (C=O) groups excluding carboxylic acids is 2. The molecule has 25 heavy (non-hydrogen) atoms. The molecule has 1 heterocycles. The van der Waals surface area contributed by atoms with Gasteiger partial charge in [-0.1, -0.05) is 24.3 Å². The standard InChI is InChI=1S/C19H19FN2O3/c1-25-15-6-4-5-13(9-15)11-22-12-14(10-18(22)23)19(24)21-17-8-3-2-7-16(17)20/h2-9,14H,10-12H2,1H3,(H,21,24)/t14-/m1/s1. The van der Waals surface area contributed by atoms with Crippen molar-refractivity contribution in [1.29, 1.82) is 0 Å². The zero-order chi connectivity index (χ0) is 17.8. The molecule has 2 aromatic carbocycles. The van der Waals surface area contributed by atoms with Gasteiger partial charge in [-0.3, -0.25) is 9.59 Å². The van der Waals surface area contributed by atoms with Crippen LogP contribution in [-0.2, 0) is 16.1 Å². The summed E-state index contributed by atoms with van der Waals surface area (Å²) in [5.74, 6) is -0.688. The minimum Gasteiger partial charge on any atom is -0.497 e. The lowest BCUT2D eigenvalue weighted by Gasteiger charge is -2.17. The molecular weight excluding hydrogens is 323 g/mol. The van der Waals surface area contributed by atoms with Gasteiger partial charge in [0, 0.05) is 19.5 Å². The fourth-order valence-electron chi connectivity index (χ4n) is 2.89. The molecule has 2 aromatic rings. The first-order valence-electron chi connectivity index (χ1n) is 8.03. The van der Waals surface area contributed by atoms with E-state index in [0.717, 1.165) is 11.3 Å². The van der Waals surface area contributed by atoms with Gasteiger partial charge in [0.15, 0.2) is 0 Å². The molecule has 1 atom stereocenters. The molecule has 2 amide bonds. The number of benzene rings is 2. The third kappa shape index (κ3) is 3.96. The number of amides is 2. The van der Waals surface area contributed by atoms with Gasteiger partial charge in [-0.25, -0.2) is 4.39 Å². The molecule has 130 valence electrons. The third-order valence-corrected chi connectivity index (χ3v) is 4.22. The lowest BCUT2D eigenvalue weighted by molar-refractivity contribution is -0.128. The van der Waals surface area contributed by atoms with Gasteiger partial charge in [0.2, 0.25) is 11.8 Å². The second-order valence-electron chi connectivity index (χ2n) is 6.00. The first kappa shape index (κ1) is 17.0. The summed E-state index contributed by atoms with van der Waals surface area (Å²) in [5, 5.41) is 2.56. The lowest BCUT2D eigenvalue weighted by Crippen LogP contribution is -2.28. The van der Waals surface area contributed by atoms with Gasteiger partial charge in [-0.15, -0.1) is 0 Å². The Morgan fingerprint density at radius 3 is 2.84 bits per heavy atom. The van der Waals surface area contributed by atoms with E-state index >= 15 is 0 Å². The van der Waals surface area contributed by atoms with Crippen molar-refractivity contribution in [2.75, 3.05) is 19.0 Å². The van der Waals surface area contributed by atoms with Crippen LogP contribution < -0.4 is 10.1 Å². The third-order valence-electron chi connectivity index (χ3n) is 4.22. The van der Waals surface area contributed by atoms with E-state index in [4.69, 9.17) is 4.74 Å². The van der Waals surface area contributed by atoms with Crippen molar-refractivity contribution in [2.24, 2.45) is 5.92 Å². The summed E-state index contributed by atoms with van der Waals surface area (Å²) in [6, 6.07) is 13.4. The summed E-state index contributed by atoms with van der Waals surface area (Å²) in [6.07, 6.45) is 0.129. The van der Waals surface area contributed by atoms with Crippen molar-refractivity contribution in [2.45, 2.75) is 13.0 Å². The van der Waals surface area contributed by atoms with E-state index in [9.17, 15) is 14.0 Å². The lowest BCUT2D eigenvalue weighted by atomic mass is 10.1. The van der Waals surface area contributed by atoms with Gasteiger partial charge >= 0.3 is 0 Å².